The molecule has 0 atom stereocenters. The molecular weight excluding hydrogens is 230 g/mol. The zero-order chi connectivity index (χ0) is 10.1. The Labute approximate surface area is 89.8 Å². The third kappa shape index (κ3) is 7.05. The first-order valence-corrected chi connectivity index (χ1v) is 6.14. The largest absolute Gasteiger partial charge is 0.346 e. The van der Waals surface area contributed by atoms with Crippen molar-refractivity contribution in [1.29, 1.82) is 0 Å². The number of hydrogen-bond donors (Lipinski definition) is 0. The molecule has 78 valence electrons. The Morgan fingerprint density at radius 3 is 2.54 bits per heavy atom. The number of carbonyl (C=O) groups is 1. The third-order valence-corrected chi connectivity index (χ3v) is 2.48. The minimum absolute atomic E-state index is 0.244. The molecule has 2 nitrogen and oxygen atoms in total. The summed E-state index contributed by atoms with van der Waals surface area (Å²) in [4.78, 5) is 13.1. The highest BCUT2D eigenvalue weighted by Crippen LogP contribution is 2.01. The van der Waals surface area contributed by atoms with Gasteiger partial charge in [0, 0.05) is 25.3 Å². The summed E-state index contributed by atoms with van der Waals surface area (Å²) >= 11 is 3.26. The summed E-state index contributed by atoms with van der Waals surface area (Å²) in [5, 5.41) is 0.769. The molecule has 0 aromatic carbocycles. The van der Waals surface area contributed by atoms with Gasteiger partial charge in [-0.15, -0.1) is 0 Å². The smallest absolute Gasteiger partial charge is 0.223 e. The molecule has 0 unspecified atom stereocenters. The van der Waals surface area contributed by atoms with E-state index in [0.717, 1.165) is 18.3 Å². The average molecular weight is 250 g/mol. The van der Waals surface area contributed by atoms with Crippen LogP contribution >= 0.6 is 15.9 Å². The Morgan fingerprint density at radius 1 is 1.31 bits per heavy atom. The van der Waals surface area contributed by atoms with Gasteiger partial charge in [-0.2, -0.15) is 0 Å². The van der Waals surface area contributed by atoms with Crippen molar-refractivity contribution in [2.75, 3.05) is 18.9 Å². The Hall–Kier alpha value is -0.0500. The highest BCUT2D eigenvalue weighted by molar-refractivity contribution is 9.09. The van der Waals surface area contributed by atoms with E-state index < -0.39 is 0 Å². The van der Waals surface area contributed by atoms with Gasteiger partial charge in [0.2, 0.25) is 5.91 Å². The van der Waals surface area contributed by atoms with Gasteiger partial charge in [-0.25, -0.2) is 0 Å². The average Bonchev–Trinajstić information content (AvgIpc) is 2.12. The molecule has 13 heavy (non-hydrogen) atoms. The molecule has 0 aliphatic rings. The number of halogens is 1. The molecule has 0 saturated carbocycles. The Kier molecular flexibility index (Phi) is 8.51. The van der Waals surface area contributed by atoms with Crippen LogP contribution < -0.4 is 0 Å². The molecule has 0 radical (unpaired) electrons. The molecular formula is C10H20BrNO. The van der Waals surface area contributed by atoms with Crippen molar-refractivity contribution < 1.29 is 4.79 Å². The summed E-state index contributed by atoms with van der Waals surface area (Å²) < 4.78 is 0. The van der Waals surface area contributed by atoms with Crippen LogP contribution in [0.2, 0.25) is 0 Å². The molecule has 0 rings (SSSR count). The van der Waals surface area contributed by atoms with Gasteiger partial charge < -0.3 is 4.90 Å². The summed E-state index contributed by atoms with van der Waals surface area (Å²) in [5.41, 5.74) is 0. The second kappa shape index (κ2) is 8.54. The zero-order valence-corrected chi connectivity index (χ0v) is 10.3. The van der Waals surface area contributed by atoms with Crippen molar-refractivity contribution in [3.63, 3.8) is 0 Å². The monoisotopic (exact) mass is 249 g/mol. The predicted molar refractivity (Wildman–Crippen MR) is 60.2 cm³/mol. The Morgan fingerprint density at radius 2 is 2.00 bits per heavy atom. The molecule has 0 bridgehead atoms. The van der Waals surface area contributed by atoms with Crippen LogP contribution in [0.1, 0.15) is 39.0 Å². The van der Waals surface area contributed by atoms with Crippen LogP contribution in [0.3, 0.4) is 0 Å². The van der Waals surface area contributed by atoms with E-state index in [1.54, 1.807) is 0 Å². The van der Waals surface area contributed by atoms with E-state index >= 15 is 0 Å². The second-order valence-electron chi connectivity index (χ2n) is 3.31. The first-order valence-electron chi connectivity index (χ1n) is 5.02. The molecule has 1 amide bonds. The molecule has 3 heteroatoms. The lowest BCUT2D eigenvalue weighted by molar-refractivity contribution is -0.129. The predicted octanol–water partition coefficient (Wildman–Crippen LogP) is 2.81. The van der Waals surface area contributed by atoms with E-state index in [9.17, 15) is 4.79 Å². The fourth-order valence-corrected chi connectivity index (χ4v) is 1.51. The summed E-state index contributed by atoms with van der Waals surface area (Å²) in [5.74, 6) is 0.244. The summed E-state index contributed by atoms with van der Waals surface area (Å²) in [7, 11) is 1.89. The molecule has 0 N–H and O–H groups in total. The maximum Gasteiger partial charge on any atom is 0.223 e. The number of unbranched alkanes of at least 4 members (excludes halogenated alkanes) is 3. The summed E-state index contributed by atoms with van der Waals surface area (Å²) in [6.45, 7) is 3.10. The fourth-order valence-electron chi connectivity index (χ4n) is 1.17. The highest BCUT2D eigenvalue weighted by atomic mass is 79.9. The van der Waals surface area contributed by atoms with Crippen molar-refractivity contribution in [3.8, 4) is 0 Å². The quantitative estimate of drug-likeness (QED) is 0.502. The van der Waals surface area contributed by atoms with Crippen molar-refractivity contribution >= 4 is 21.8 Å². The molecule has 0 saturated heterocycles. The lowest BCUT2D eigenvalue weighted by Gasteiger charge is -2.16. The number of alkyl halides is 1. The van der Waals surface area contributed by atoms with Crippen molar-refractivity contribution in [1.82, 2.24) is 4.90 Å². The molecule has 0 aromatic heterocycles. The van der Waals surface area contributed by atoms with E-state index in [-0.39, 0.29) is 5.91 Å². The van der Waals surface area contributed by atoms with Crippen LogP contribution in [0.5, 0.6) is 0 Å². The molecule has 0 spiro atoms. The first-order chi connectivity index (χ1) is 6.22. The van der Waals surface area contributed by atoms with Crippen LogP contribution in [-0.2, 0) is 4.79 Å². The van der Waals surface area contributed by atoms with Gasteiger partial charge in [0.25, 0.3) is 0 Å². The van der Waals surface area contributed by atoms with E-state index in [0.29, 0.717) is 6.42 Å². The number of nitrogens with zero attached hydrogens (tertiary/aromatic N) is 1. The standard InChI is InChI=1S/C10H20BrNO/c1-3-4-5-6-9-12(2)10(13)7-8-11/h3-9H2,1-2H3. The lowest BCUT2D eigenvalue weighted by Crippen LogP contribution is -2.27. The van der Waals surface area contributed by atoms with Gasteiger partial charge in [0.1, 0.15) is 0 Å². The van der Waals surface area contributed by atoms with Crippen LogP contribution in [0.4, 0.5) is 0 Å². The first kappa shape index (κ1) is 12.9. The van der Waals surface area contributed by atoms with E-state index in [1.807, 2.05) is 11.9 Å². The SMILES string of the molecule is CCCCCCN(C)C(=O)CCBr. The fraction of sp³-hybridized carbons (Fsp3) is 0.900. The maximum absolute atomic E-state index is 11.3. The maximum atomic E-state index is 11.3. The van der Waals surface area contributed by atoms with Crippen LogP contribution in [-0.4, -0.2) is 29.7 Å². The minimum atomic E-state index is 0.244. The van der Waals surface area contributed by atoms with E-state index in [4.69, 9.17) is 0 Å². The van der Waals surface area contributed by atoms with Gasteiger partial charge in [-0.3, -0.25) is 4.79 Å². The lowest BCUT2D eigenvalue weighted by atomic mass is 10.2. The third-order valence-electron chi connectivity index (χ3n) is 2.08. The zero-order valence-electron chi connectivity index (χ0n) is 8.68. The molecule has 0 fully saturated rings. The summed E-state index contributed by atoms with van der Waals surface area (Å²) in [6, 6.07) is 0. The van der Waals surface area contributed by atoms with Crippen molar-refractivity contribution in [2.45, 2.75) is 39.0 Å². The molecule has 0 aliphatic heterocycles. The molecule has 0 heterocycles. The van der Waals surface area contributed by atoms with Crippen molar-refractivity contribution in [3.05, 3.63) is 0 Å². The van der Waals surface area contributed by atoms with Gasteiger partial charge >= 0.3 is 0 Å². The van der Waals surface area contributed by atoms with Gasteiger partial charge in [-0.05, 0) is 6.42 Å². The number of rotatable bonds is 7. The Bertz CT molecular complexity index is 139. The molecule has 0 aromatic rings. The number of carbonyl (C=O) groups excluding carboxylic acids is 1. The van der Waals surface area contributed by atoms with Crippen LogP contribution in [0.15, 0.2) is 0 Å². The van der Waals surface area contributed by atoms with Crippen LogP contribution in [0, 0.1) is 0 Å². The number of hydrogen-bond acceptors (Lipinski definition) is 1. The van der Waals surface area contributed by atoms with E-state index in [1.165, 1.54) is 19.3 Å². The second-order valence-corrected chi connectivity index (χ2v) is 4.11. The summed E-state index contributed by atoms with van der Waals surface area (Å²) in [6.07, 6.45) is 5.52. The molecule has 0 aliphatic carbocycles. The van der Waals surface area contributed by atoms with Gasteiger partial charge in [-0.1, -0.05) is 42.1 Å². The van der Waals surface area contributed by atoms with Crippen molar-refractivity contribution in [2.24, 2.45) is 0 Å². The van der Waals surface area contributed by atoms with E-state index in [2.05, 4.69) is 22.9 Å². The topological polar surface area (TPSA) is 20.3 Å². The van der Waals surface area contributed by atoms with Gasteiger partial charge in [0.05, 0.1) is 0 Å². The number of amides is 1. The minimum Gasteiger partial charge on any atom is -0.346 e. The Balaban J connectivity index is 3.38. The highest BCUT2D eigenvalue weighted by Gasteiger charge is 2.05. The normalized spacial score (nSPS) is 10.1. The van der Waals surface area contributed by atoms with Gasteiger partial charge in [0.15, 0.2) is 0 Å². The van der Waals surface area contributed by atoms with Crippen LogP contribution in [0.25, 0.3) is 0 Å².